The SMILES string of the molecule is CC(C)C[C@@H](CNS(=O)(=O)c1cnn(C)c1)N1CCOCC1. The van der Waals surface area contributed by atoms with E-state index in [4.69, 9.17) is 4.74 Å². The summed E-state index contributed by atoms with van der Waals surface area (Å²) in [7, 11) is -1.80. The summed E-state index contributed by atoms with van der Waals surface area (Å²) in [5.74, 6) is 0.510. The molecule has 0 bridgehead atoms. The van der Waals surface area contributed by atoms with Gasteiger partial charge >= 0.3 is 0 Å². The van der Waals surface area contributed by atoms with E-state index in [9.17, 15) is 8.42 Å². The van der Waals surface area contributed by atoms with Crippen LogP contribution >= 0.6 is 0 Å². The third-order valence-corrected chi connectivity index (χ3v) is 5.18. The van der Waals surface area contributed by atoms with Crippen LogP contribution in [-0.2, 0) is 21.8 Å². The van der Waals surface area contributed by atoms with Crippen molar-refractivity contribution in [2.24, 2.45) is 13.0 Å². The van der Waals surface area contributed by atoms with Crippen LogP contribution < -0.4 is 4.72 Å². The van der Waals surface area contributed by atoms with Gasteiger partial charge in [-0.2, -0.15) is 5.10 Å². The molecule has 1 aliphatic rings. The zero-order valence-corrected chi connectivity index (χ0v) is 14.3. The summed E-state index contributed by atoms with van der Waals surface area (Å²) in [4.78, 5) is 2.52. The summed E-state index contributed by atoms with van der Waals surface area (Å²) in [6, 6.07) is 0.190. The zero-order chi connectivity index (χ0) is 16.2. The maximum atomic E-state index is 12.3. The van der Waals surface area contributed by atoms with Crippen molar-refractivity contribution in [3.05, 3.63) is 12.4 Å². The van der Waals surface area contributed by atoms with Gasteiger partial charge in [0.1, 0.15) is 4.90 Å². The van der Waals surface area contributed by atoms with Crippen molar-refractivity contribution in [2.75, 3.05) is 32.8 Å². The molecule has 1 fully saturated rings. The number of hydrogen-bond acceptors (Lipinski definition) is 5. The van der Waals surface area contributed by atoms with E-state index in [1.807, 2.05) is 0 Å². The Balaban J connectivity index is 2.00. The molecule has 0 radical (unpaired) electrons. The molecule has 1 aromatic rings. The molecule has 126 valence electrons. The summed E-state index contributed by atoms with van der Waals surface area (Å²) in [5.41, 5.74) is 0. The van der Waals surface area contributed by atoms with Gasteiger partial charge in [0.05, 0.1) is 19.4 Å². The van der Waals surface area contributed by atoms with Crippen molar-refractivity contribution >= 4 is 10.0 Å². The number of nitrogens with zero attached hydrogens (tertiary/aromatic N) is 3. The molecule has 0 aromatic carbocycles. The minimum absolute atomic E-state index is 0.190. The van der Waals surface area contributed by atoms with Crippen molar-refractivity contribution in [2.45, 2.75) is 31.2 Å². The molecule has 0 aliphatic carbocycles. The van der Waals surface area contributed by atoms with E-state index >= 15 is 0 Å². The fourth-order valence-corrected chi connectivity index (χ4v) is 3.73. The molecule has 2 rings (SSSR count). The van der Waals surface area contributed by atoms with Gasteiger partial charge in [0.15, 0.2) is 0 Å². The molecule has 22 heavy (non-hydrogen) atoms. The second-order valence-electron chi connectivity index (χ2n) is 6.13. The fourth-order valence-electron chi connectivity index (χ4n) is 2.68. The first-order valence-electron chi connectivity index (χ1n) is 7.68. The highest BCUT2D eigenvalue weighted by Crippen LogP contribution is 2.14. The highest BCUT2D eigenvalue weighted by Gasteiger charge is 2.24. The Hall–Kier alpha value is -0.960. The Kier molecular flexibility index (Phi) is 5.96. The van der Waals surface area contributed by atoms with Gasteiger partial charge in [-0.25, -0.2) is 13.1 Å². The highest BCUT2D eigenvalue weighted by atomic mass is 32.2. The summed E-state index contributed by atoms with van der Waals surface area (Å²) < 4.78 is 34.2. The third kappa shape index (κ3) is 4.77. The van der Waals surface area contributed by atoms with Gasteiger partial charge in [-0.15, -0.1) is 0 Å². The summed E-state index contributed by atoms with van der Waals surface area (Å²) >= 11 is 0. The van der Waals surface area contributed by atoms with Crippen molar-refractivity contribution in [1.29, 1.82) is 0 Å². The van der Waals surface area contributed by atoms with E-state index in [1.54, 1.807) is 7.05 Å². The van der Waals surface area contributed by atoms with E-state index in [1.165, 1.54) is 17.1 Å². The normalized spacial score (nSPS) is 18.7. The molecule has 1 aromatic heterocycles. The van der Waals surface area contributed by atoms with Crippen LogP contribution in [0.4, 0.5) is 0 Å². The van der Waals surface area contributed by atoms with Crippen molar-refractivity contribution in [1.82, 2.24) is 19.4 Å². The van der Waals surface area contributed by atoms with Crippen LogP contribution in [0.15, 0.2) is 17.3 Å². The Morgan fingerprint density at radius 3 is 2.59 bits per heavy atom. The number of aromatic nitrogens is 2. The van der Waals surface area contributed by atoms with Crippen LogP contribution in [0, 0.1) is 5.92 Å². The fraction of sp³-hybridized carbons (Fsp3) is 0.786. The number of nitrogens with one attached hydrogen (secondary N) is 1. The minimum atomic E-state index is -3.50. The Morgan fingerprint density at radius 2 is 2.05 bits per heavy atom. The standard InChI is InChI=1S/C14H26N4O3S/c1-12(2)8-13(18-4-6-21-7-5-18)9-16-22(19,20)14-10-15-17(3)11-14/h10-13,16H,4-9H2,1-3H3/t13-/m0/s1. The third-order valence-electron chi connectivity index (χ3n) is 3.81. The molecule has 1 atom stereocenters. The van der Waals surface area contributed by atoms with E-state index < -0.39 is 10.0 Å². The predicted molar refractivity (Wildman–Crippen MR) is 84.0 cm³/mol. The van der Waals surface area contributed by atoms with E-state index in [0.717, 1.165) is 19.5 Å². The Labute approximate surface area is 132 Å². The van der Waals surface area contributed by atoms with E-state index in [-0.39, 0.29) is 10.9 Å². The number of sulfonamides is 1. The Bertz CT molecular complexity index is 564. The lowest BCUT2D eigenvalue weighted by Gasteiger charge is -2.35. The number of rotatable bonds is 7. The van der Waals surface area contributed by atoms with Crippen LogP contribution in [0.1, 0.15) is 20.3 Å². The molecule has 8 heteroatoms. The molecule has 0 unspecified atom stereocenters. The Morgan fingerprint density at radius 1 is 1.36 bits per heavy atom. The highest BCUT2D eigenvalue weighted by molar-refractivity contribution is 7.89. The lowest BCUT2D eigenvalue weighted by molar-refractivity contribution is 0.0134. The van der Waals surface area contributed by atoms with Gasteiger partial charge in [0, 0.05) is 38.9 Å². The van der Waals surface area contributed by atoms with Crippen LogP contribution in [0.2, 0.25) is 0 Å². The first-order chi connectivity index (χ1) is 10.4. The summed E-state index contributed by atoms with van der Waals surface area (Å²) in [6.07, 6.45) is 3.83. The average molecular weight is 330 g/mol. The van der Waals surface area contributed by atoms with E-state index in [2.05, 4.69) is 28.6 Å². The van der Waals surface area contributed by atoms with E-state index in [0.29, 0.717) is 25.7 Å². The van der Waals surface area contributed by atoms with Gasteiger partial charge in [-0.3, -0.25) is 9.58 Å². The summed E-state index contributed by atoms with van der Waals surface area (Å²) in [6.45, 7) is 7.85. The number of morpholine rings is 1. The molecule has 7 nitrogen and oxygen atoms in total. The minimum Gasteiger partial charge on any atom is -0.379 e. The van der Waals surface area contributed by atoms with Gasteiger partial charge in [0.25, 0.3) is 0 Å². The first kappa shape index (κ1) is 17.4. The van der Waals surface area contributed by atoms with Gasteiger partial charge in [-0.1, -0.05) is 13.8 Å². The quantitative estimate of drug-likeness (QED) is 0.785. The molecule has 0 spiro atoms. The topological polar surface area (TPSA) is 76.5 Å². The van der Waals surface area contributed by atoms with Crippen molar-refractivity contribution in [3.63, 3.8) is 0 Å². The average Bonchev–Trinajstić information content (AvgIpc) is 2.91. The zero-order valence-electron chi connectivity index (χ0n) is 13.5. The largest absolute Gasteiger partial charge is 0.379 e. The first-order valence-corrected chi connectivity index (χ1v) is 9.17. The van der Waals surface area contributed by atoms with Crippen LogP contribution in [0.3, 0.4) is 0 Å². The maximum Gasteiger partial charge on any atom is 0.243 e. The molecule has 1 saturated heterocycles. The van der Waals surface area contributed by atoms with Crippen LogP contribution in [-0.4, -0.2) is 62.0 Å². The van der Waals surface area contributed by atoms with Crippen molar-refractivity contribution < 1.29 is 13.2 Å². The molecule has 1 N–H and O–H groups in total. The number of ether oxygens (including phenoxy) is 1. The molecule has 1 aliphatic heterocycles. The predicted octanol–water partition coefficient (Wildman–Crippen LogP) is 0.445. The van der Waals surface area contributed by atoms with Crippen LogP contribution in [0.25, 0.3) is 0 Å². The molecule has 0 amide bonds. The number of aryl methyl sites for hydroxylation is 1. The van der Waals surface area contributed by atoms with Gasteiger partial charge in [-0.05, 0) is 12.3 Å². The second-order valence-corrected chi connectivity index (χ2v) is 7.90. The lowest BCUT2D eigenvalue weighted by atomic mass is 10.0. The molecular formula is C14H26N4O3S. The van der Waals surface area contributed by atoms with Gasteiger partial charge < -0.3 is 4.74 Å². The van der Waals surface area contributed by atoms with Crippen molar-refractivity contribution in [3.8, 4) is 0 Å². The smallest absolute Gasteiger partial charge is 0.243 e. The van der Waals surface area contributed by atoms with Gasteiger partial charge in [0.2, 0.25) is 10.0 Å². The summed E-state index contributed by atoms with van der Waals surface area (Å²) in [5, 5.41) is 3.92. The number of hydrogen-bond donors (Lipinski definition) is 1. The second kappa shape index (κ2) is 7.54. The molecule has 0 saturated carbocycles. The lowest BCUT2D eigenvalue weighted by Crippen LogP contribution is -2.49. The molecule has 2 heterocycles. The monoisotopic (exact) mass is 330 g/mol. The maximum absolute atomic E-state index is 12.3. The van der Waals surface area contributed by atoms with Crippen LogP contribution in [0.5, 0.6) is 0 Å². The molecular weight excluding hydrogens is 304 g/mol.